The molecule has 2 aromatic carbocycles. The third kappa shape index (κ3) is 5.02. The van der Waals surface area contributed by atoms with Gasteiger partial charge in [0.1, 0.15) is 0 Å². The number of methoxy groups -OCH3 is 4. The zero-order chi connectivity index (χ0) is 18.4. The van der Waals surface area contributed by atoms with E-state index in [1.165, 1.54) is 17.8 Å². The van der Waals surface area contributed by atoms with Gasteiger partial charge < -0.3 is 0 Å². The first kappa shape index (κ1) is 21.2. The fourth-order valence-corrected chi connectivity index (χ4v) is 7.78. The van der Waals surface area contributed by atoms with Gasteiger partial charge in [-0.2, -0.15) is 0 Å². The van der Waals surface area contributed by atoms with Crippen molar-refractivity contribution < 1.29 is 35.4 Å². The molecule has 0 saturated heterocycles. The molecule has 140 valence electrons. The second-order valence-corrected chi connectivity index (χ2v) is 12.4. The zero-order valence-corrected chi connectivity index (χ0v) is 21.0. The van der Waals surface area contributed by atoms with Gasteiger partial charge in [0.25, 0.3) is 0 Å². The Labute approximate surface area is 176 Å². The van der Waals surface area contributed by atoms with E-state index in [0.717, 1.165) is 23.0 Å². The summed E-state index contributed by atoms with van der Waals surface area (Å²) in [6.45, 7) is 0. The zero-order valence-electron chi connectivity index (χ0n) is 13.8. The van der Waals surface area contributed by atoms with Gasteiger partial charge in [0.15, 0.2) is 0 Å². The molecule has 0 amide bonds. The van der Waals surface area contributed by atoms with Gasteiger partial charge in [-0.05, 0) is 0 Å². The van der Waals surface area contributed by atoms with Crippen LogP contribution >= 0.6 is 18.8 Å². The first-order valence-electron chi connectivity index (χ1n) is 6.81. The fourth-order valence-electron chi connectivity index (χ4n) is 2.24. The van der Waals surface area contributed by atoms with Gasteiger partial charge in [-0.3, -0.25) is 0 Å². The second-order valence-electron chi connectivity index (χ2n) is 4.56. The molecule has 3 rings (SSSR count). The summed E-state index contributed by atoms with van der Waals surface area (Å²) in [7, 11) is 16.4. The van der Waals surface area contributed by atoms with E-state index in [9.17, 15) is 0 Å². The predicted molar refractivity (Wildman–Crippen MR) is 101 cm³/mol. The van der Waals surface area contributed by atoms with Crippen LogP contribution in [0.5, 0.6) is 23.0 Å². The Bertz CT molecular complexity index is 627. The molecule has 4 nitrogen and oxygen atoms in total. The molecule has 0 bridgehead atoms. The van der Waals surface area contributed by atoms with Gasteiger partial charge in [-0.25, -0.2) is 0 Å². The summed E-state index contributed by atoms with van der Waals surface area (Å²) in [5.74, 6) is 3.18. The summed E-state index contributed by atoms with van der Waals surface area (Å²) in [5.41, 5.74) is 0. The van der Waals surface area contributed by atoms with Gasteiger partial charge in [0, 0.05) is 0 Å². The normalized spacial score (nSPS) is 11.6. The average Bonchev–Trinajstić information content (AvgIpc) is 2.64. The van der Waals surface area contributed by atoms with Crippen molar-refractivity contribution in [2.24, 2.45) is 0 Å². The van der Waals surface area contributed by atoms with Crippen molar-refractivity contribution in [3.8, 4) is 23.0 Å². The fraction of sp³-hybridized carbons (Fsp3) is 0.250. The van der Waals surface area contributed by atoms with Crippen molar-refractivity contribution >= 4 is 66.6 Å². The third-order valence-electron chi connectivity index (χ3n) is 3.34. The standard InChI is InChI=1S/C16H16O4Se2.2ClH.Pt/c1-17-9-5-13-14(6-10(9)18-2)22-16-8-12(20-4)11(19-3)7-15(16)21-13;;;/h5-8H,1-4H3;2*1H;/q;;;+2/p-2. The first-order valence-corrected chi connectivity index (χ1v) is 15.9. The molecule has 0 N–H and O–H groups in total. The number of fused-ring (bicyclic) bond motifs is 2. The number of hydrogen-bond donors (Lipinski definition) is 0. The summed E-state index contributed by atoms with van der Waals surface area (Å²) in [4.78, 5) is 0. The molecule has 0 unspecified atom stereocenters. The van der Waals surface area contributed by atoms with E-state index in [1.807, 2.05) is 0 Å². The molecule has 2 aromatic rings. The van der Waals surface area contributed by atoms with Crippen molar-refractivity contribution in [1.29, 1.82) is 0 Å². The van der Waals surface area contributed by atoms with Crippen molar-refractivity contribution in [3.05, 3.63) is 24.3 Å². The Kier molecular flexibility index (Phi) is 8.78. The molecule has 1 aliphatic heterocycles. The molecule has 25 heavy (non-hydrogen) atoms. The molecule has 0 radical (unpaired) electrons. The molecule has 0 atom stereocenters. The minimum atomic E-state index is -0.472. The van der Waals surface area contributed by atoms with Gasteiger partial charge in [-0.15, -0.1) is 0 Å². The molecule has 1 heterocycles. The van der Waals surface area contributed by atoms with Crippen molar-refractivity contribution in [2.45, 2.75) is 0 Å². The van der Waals surface area contributed by atoms with Crippen LogP contribution in [0.25, 0.3) is 0 Å². The van der Waals surface area contributed by atoms with E-state index in [2.05, 4.69) is 24.3 Å². The van der Waals surface area contributed by atoms with Gasteiger partial charge in [-0.1, -0.05) is 0 Å². The molecule has 0 spiro atoms. The van der Waals surface area contributed by atoms with Crippen LogP contribution in [0.2, 0.25) is 0 Å². The molecule has 0 aromatic heterocycles. The molecule has 0 aliphatic carbocycles. The summed E-state index contributed by atoms with van der Waals surface area (Å²) in [6, 6.07) is 8.43. The Balaban J connectivity index is 0.000000701. The van der Waals surface area contributed by atoms with Crippen LogP contribution in [0.4, 0.5) is 0 Å². The maximum atomic E-state index is 5.42. The van der Waals surface area contributed by atoms with Crippen LogP contribution in [0.1, 0.15) is 0 Å². The van der Waals surface area contributed by atoms with E-state index in [-0.39, 0.29) is 29.9 Å². The number of halogens is 2. The summed E-state index contributed by atoms with van der Waals surface area (Å²) in [6.07, 6.45) is 0. The van der Waals surface area contributed by atoms with Crippen LogP contribution in [0.3, 0.4) is 0 Å². The van der Waals surface area contributed by atoms with Gasteiger partial charge >= 0.3 is 178 Å². The number of benzene rings is 2. The molecule has 9 heteroatoms. The van der Waals surface area contributed by atoms with Crippen LogP contribution in [0, 0.1) is 0 Å². The van der Waals surface area contributed by atoms with E-state index in [0.29, 0.717) is 0 Å². The maximum absolute atomic E-state index is 5.42. The average molecular weight is 696 g/mol. The first-order chi connectivity index (χ1) is 12.1. The Morgan fingerprint density at radius 1 is 0.600 bits per heavy atom. The van der Waals surface area contributed by atoms with E-state index >= 15 is 0 Å². The summed E-state index contributed by atoms with van der Waals surface area (Å²) in [5, 5.41) is 0. The van der Waals surface area contributed by atoms with Crippen molar-refractivity contribution in [1.82, 2.24) is 0 Å². The van der Waals surface area contributed by atoms with Crippen LogP contribution < -0.4 is 36.8 Å². The van der Waals surface area contributed by atoms with E-state index in [1.54, 1.807) is 28.4 Å². The predicted octanol–water partition coefficient (Wildman–Crippen LogP) is 0.721. The van der Waals surface area contributed by atoms with E-state index in [4.69, 9.17) is 37.8 Å². The van der Waals surface area contributed by atoms with Crippen LogP contribution in [0.15, 0.2) is 24.3 Å². The molecular formula is C16H16Cl2O4PtSe2. The summed E-state index contributed by atoms with van der Waals surface area (Å²) >= 11 is -0.0203. The monoisotopic (exact) mass is 697 g/mol. The number of hydrogen-bond acceptors (Lipinski definition) is 4. The van der Waals surface area contributed by atoms with Crippen molar-refractivity contribution in [3.63, 3.8) is 0 Å². The van der Waals surface area contributed by atoms with Gasteiger partial charge in [0.05, 0.1) is 0 Å². The number of ether oxygens (including phenoxy) is 4. The Hall–Kier alpha value is -0.0527. The van der Waals surface area contributed by atoms with Crippen LogP contribution in [-0.4, -0.2) is 58.4 Å². The summed E-state index contributed by atoms with van der Waals surface area (Å²) < 4.78 is 27.1. The quantitative estimate of drug-likeness (QED) is 0.378. The minimum absolute atomic E-state index is 0.226. The number of rotatable bonds is 4. The molecule has 1 aliphatic rings. The molecular weight excluding hydrogens is 680 g/mol. The second kappa shape index (κ2) is 10.3. The van der Waals surface area contributed by atoms with Gasteiger partial charge in [0.2, 0.25) is 0 Å². The molecule has 0 saturated carbocycles. The van der Waals surface area contributed by atoms with Crippen molar-refractivity contribution in [2.75, 3.05) is 28.4 Å². The third-order valence-corrected chi connectivity index (χ3v) is 9.33. The Morgan fingerprint density at radius 3 is 0.960 bits per heavy atom. The topological polar surface area (TPSA) is 36.9 Å². The van der Waals surface area contributed by atoms with E-state index < -0.39 is 16.5 Å². The Morgan fingerprint density at radius 2 is 0.800 bits per heavy atom. The van der Waals surface area contributed by atoms with Crippen LogP contribution in [-0.2, 0) is 16.5 Å². The molecule has 0 fully saturated rings. The SMILES string of the molecule is COc1cc2c(cc1OC)[Se]c1cc(OC)c(OC)cc1[Se]2.[Cl][Pt][Cl].